The SMILES string of the molecule is Fc1cnc2c(Cl)nc(Cl)nc2c1. The summed E-state index contributed by atoms with van der Waals surface area (Å²) >= 11 is 11.2. The monoisotopic (exact) mass is 217 g/mol. The van der Waals surface area contributed by atoms with Crippen LogP contribution in [0.25, 0.3) is 11.0 Å². The molecule has 0 aliphatic carbocycles. The predicted octanol–water partition coefficient (Wildman–Crippen LogP) is 2.47. The number of nitrogens with zero attached hydrogens (tertiary/aromatic N) is 3. The van der Waals surface area contributed by atoms with Gasteiger partial charge < -0.3 is 0 Å². The number of rotatable bonds is 0. The Balaban J connectivity index is 2.86. The first-order chi connectivity index (χ1) is 6.16. The van der Waals surface area contributed by atoms with Gasteiger partial charge in [-0.25, -0.2) is 19.3 Å². The Bertz CT molecular complexity index is 469. The zero-order chi connectivity index (χ0) is 9.42. The number of fused-ring (bicyclic) bond motifs is 1. The molecule has 0 atom stereocenters. The van der Waals surface area contributed by atoms with Gasteiger partial charge in [0.15, 0.2) is 5.15 Å². The number of hydrogen-bond donors (Lipinski definition) is 0. The van der Waals surface area contributed by atoms with E-state index in [1.165, 1.54) is 6.07 Å². The molecule has 0 radical (unpaired) electrons. The van der Waals surface area contributed by atoms with E-state index in [1.54, 1.807) is 0 Å². The number of aromatic nitrogens is 3. The second-order valence-electron chi connectivity index (χ2n) is 2.30. The van der Waals surface area contributed by atoms with E-state index in [0.29, 0.717) is 11.0 Å². The van der Waals surface area contributed by atoms with Gasteiger partial charge in [-0.2, -0.15) is 0 Å². The fourth-order valence-electron chi connectivity index (χ4n) is 0.931. The van der Waals surface area contributed by atoms with E-state index in [0.717, 1.165) is 6.20 Å². The smallest absolute Gasteiger partial charge is 0.224 e. The van der Waals surface area contributed by atoms with Gasteiger partial charge in [-0.05, 0) is 11.6 Å². The van der Waals surface area contributed by atoms with Crippen molar-refractivity contribution in [2.45, 2.75) is 0 Å². The Morgan fingerprint density at radius 3 is 2.77 bits per heavy atom. The quantitative estimate of drug-likeness (QED) is 0.503. The molecule has 0 amide bonds. The topological polar surface area (TPSA) is 38.7 Å². The van der Waals surface area contributed by atoms with Crippen LogP contribution in [0.15, 0.2) is 12.3 Å². The average molecular weight is 218 g/mol. The van der Waals surface area contributed by atoms with Gasteiger partial charge in [-0.15, -0.1) is 0 Å². The van der Waals surface area contributed by atoms with Crippen LogP contribution in [-0.4, -0.2) is 15.0 Å². The third-order valence-electron chi connectivity index (χ3n) is 1.43. The summed E-state index contributed by atoms with van der Waals surface area (Å²) in [4.78, 5) is 11.2. The standard InChI is InChI=1S/C7H2Cl2FN3/c8-6-5-4(12-7(9)13-6)1-3(10)2-11-5/h1-2H. The van der Waals surface area contributed by atoms with Gasteiger partial charge >= 0.3 is 0 Å². The van der Waals surface area contributed by atoms with Crippen molar-refractivity contribution in [1.29, 1.82) is 0 Å². The Morgan fingerprint density at radius 2 is 2.00 bits per heavy atom. The summed E-state index contributed by atoms with van der Waals surface area (Å²) in [6.45, 7) is 0. The zero-order valence-corrected chi connectivity index (χ0v) is 7.64. The molecule has 0 saturated carbocycles. The van der Waals surface area contributed by atoms with Crippen molar-refractivity contribution in [3.05, 3.63) is 28.5 Å². The maximum absolute atomic E-state index is 12.7. The lowest BCUT2D eigenvalue weighted by molar-refractivity contribution is 0.624. The van der Waals surface area contributed by atoms with Crippen molar-refractivity contribution in [1.82, 2.24) is 15.0 Å². The molecule has 2 heterocycles. The minimum absolute atomic E-state index is 0.0232. The van der Waals surface area contributed by atoms with E-state index in [9.17, 15) is 4.39 Å². The Hall–Kier alpha value is -1.00. The van der Waals surface area contributed by atoms with E-state index in [1.807, 2.05) is 0 Å². The van der Waals surface area contributed by atoms with Crippen molar-refractivity contribution in [2.24, 2.45) is 0 Å². The summed E-state index contributed by atoms with van der Waals surface area (Å²) in [6, 6.07) is 1.20. The summed E-state index contributed by atoms with van der Waals surface area (Å²) in [6.07, 6.45) is 1.05. The molecule has 2 aromatic heterocycles. The van der Waals surface area contributed by atoms with Crippen molar-refractivity contribution >= 4 is 34.2 Å². The second-order valence-corrected chi connectivity index (χ2v) is 3.00. The molecule has 0 N–H and O–H groups in total. The van der Waals surface area contributed by atoms with Crippen LogP contribution < -0.4 is 0 Å². The van der Waals surface area contributed by atoms with Crippen LogP contribution >= 0.6 is 23.2 Å². The van der Waals surface area contributed by atoms with Gasteiger partial charge in [-0.1, -0.05) is 11.6 Å². The van der Waals surface area contributed by atoms with Gasteiger partial charge in [0, 0.05) is 6.07 Å². The summed E-state index contributed by atoms with van der Waals surface area (Å²) in [5.74, 6) is -0.488. The average Bonchev–Trinajstić information content (AvgIpc) is 2.02. The van der Waals surface area contributed by atoms with Crippen LogP contribution in [0, 0.1) is 5.82 Å². The number of hydrogen-bond acceptors (Lipinski definition) is 3. The van der Waals surface area contributed by atoms with E-state index >= 15 is 0 Å². The van der Waals surface area contributed by atoms with Crippen LogP contribution in [0.5, 0.6) is 0 Å². The normalized spacial score (nSPS) is 10.7. The predicted molar refractivity (Wildman–Crippen MR) is 47.3 cm³/mol. The first kappa shape index (κ1) is 8.59. The molecule has 66 valence electrons. The highest BCUT2D eigenvalue weighted by Gasteiger charge is 2.06. The van der Waals surface area contributed by atoms with E-state index in [4.69, 9.17) is 23.2 Å². The Kier molecular flexibility index (Phi) is 2.01. The molecule has 0 unspecified atom stereocenters. The van der Waals surface area contributed by atoms with Crippen molar-refractivity contribution in [3.8, 4) is 0 Å². The highest BCUT2D eigenvalue weighted by atomic mass is 35.5. The maximum Gasteiger partial charge on any atom is 0.224 e. The van der Waals surface area contributed by atoms with Crippen molar-refractivity contribution < 1.29 is 4.39 Å². The van der Waals surface area contributed by atoms with Gasteiger partial charge in [0.25, 0.3) is 0 Å². The molecule has 0 aromatic carbocycles. The first-order valence-corrected chi connectivity index (χ1v) is 4.07. The summed E-state index contributed by atoms with van der Waals surface area (Å²) in [7, 11) is 0. The molecule has 0 aliphatic rings. The molecule has 6 heteroatoms. The Labute approximate surface area is 82.5 Å². The minimum Gasteiger partial charge on any atom is -0.248 e. The highest BCUT2D eigenvalue weighted by molar-refractivity contribution is 6.35. The lowest BCUT2D eigenvalue weighted by Gasteiger charge is -1.98. The maximum atomic E-state index is 12.7. The molecule has 0 aliphatic heterocycles. The molecule has 2 rings (SSSR count). The summed E-state index contributed by atoms with van der Waals surface area (Å²) in [5, 5.41) is 0.0971. The zero-order valence-electron chi connectivity index (χ0n) is 6.13. The lowest BCUT2D eigenvalue weighted by Crippen LogP contribution is -1.90. The van der Waals surface area contributed by atoms with E-state index in [-0.39, 0.29) is 10.4 Å². The second kappa shape index (κ2) is 3.05. The molecule has 0 saturated heterocycles. The molecule has 0 fully saturated rings. The van der Waals surface area contributed by atoms with Crippen LogP contribution in [0.3, 0.4) is 0 Å². The summed E-state index contributed by atoms with van der Waals surface area (Å²) in [5.41, 5.74) is 0.637. The Morgan fingerprint density at radius 1 is 1.23 bits per heavy atom. The molecule has 0 spiro atoms. The fraction of sp³-hybridized carbons (Fsp3) is 0. The molecule has 13 heavy (non-hydrogen) atoms. The van der Waals surface area contributed by atoms with Crippen LogP contribution in [0.4, 0.5) is 4.39 Å². The molecule has 0 bridgehead atoms. The highest BCUT2D eigenvalue weighted by Crippen LogP contribution is 2.19. The molecular formula is C7H2Cl2FN3. The molecular weight excluding hydrogens is 216 g/mol. The number of halogens is 3. The van der Waals surface area contributed by atoms with E-state index in [2.05, 4.69) is 15.0 Å². The van der Waals surface area contributed by atoms with Crippen LogP contribution in [0.1, 0.15) is 0 Å². The van der Waals surface area contributed by atoms with Gasteiger partial charge in [0.2, 0.25) is 5.28 Å². The number of pyridine rings is 1. The minimum atomic E-state index is -0.488. The molecule has 2 aromatic rings. The third kappa shape index (κ3) is 1.55. The summed E-state index contributed by atoms with van der Waals surface area (Å²) < 4.78 is 12.7. The van der Waals surface area contributed by atoms with E-state index < -0.39 is 5.82 Å². The largest absolute Gasteiger partial charge is 0.248 e. The van der Waals surface area contributed by atoms with Crippen LogP contribution in [0.2, 0.25) is 10.4 Å². The lowest BCUT2D eigenvalue weighted by atomic mass is 10.4. The molecule has 3 nitrogen and oxygen atoms in total. The van der Waals surface area contributed by atoms with Crippen LogP contribution in [-0.2, 0) is 0 Å². The van der Waals surface area contributed by atoms with Crippen molar-refractivity contribution in [3.63, 3.8) is 0 Å². The first-order valence-electron chi connectivity index (χ1n) is 3.31. The van der Waals surface area contributed by atoms with Gasteiger partial charge in [0.05, 0.1) is 11.7 Å². The van der Waals surface area contributed by atoms with Crippen molar-refractivity contribution in [2.75, 3.05) is 0 Å². The third-order valence-corrected chi connectivity index (χ3v) is 1.87. The van der Waals surface area contributed by atoms with Gasteiger partial charge in [-0.3, -0.25) is 0 Å². The van der Waals surface area contributed by atoms with Gasteiger partial charge in [0.1, 0.15) is 11.3 Å². The fourth-order valence-corrected chi connectivity index (χ4v) is 1.38.